The molecule has 0 aliphatic carbocycles. The molecule has 0 heterocycles. The van der Waals surface area contributed by atoms with Crippen molar-refractivity contribution >= 4 is 23.7 Å². The Labute approximate surface area is 148 Å². The number of carbonyl (C=O) groups is 2. The Morgan fingerprint density at radius 2 is 1.60 bits per heavy atom. The van der Waals surface area contributed by atoms with E-state index in [-0.39, 0.29) is 24.7 Å². The highest BCUT2D eigenvalue weighted by atomic mass is 16.2. The van der Waals surface area contributed by atoms with E-state index >= 15 is 0 Å². The number of nitrogens with one attached hydrogen (secondary N) is 2. The summed E-state index contributed by atoms with van der Waals surface area (Å²) in [5, 5.41) is 6.69. The number of carbonyl (C=O) groups excluding carboxylic acids is 2. The fourth-order valence-electron chi connectivity index (χ4n) is 2.16. The summed E-state index contributed by atoms with van der Waals surface area (Å²) in [6.45, 7) is 6.01. The molecule has 2 aromatic rings. The quantitative estimate of drug-likeness (QED) is 0.626. The van der Waals surface area contributed by atoms with Gasteiger partial charge in [-0.05, 0) is 49.6 Å². The lowest BCUT2D eigenvalue weighted by atomic mass is 10.1. The summed E-state index contributed by atoms with van der Waals surface area (Å²) >= 11 is 0. The van der Waals surface area contributed by atoms with E-state index in [0.717, 1.165) is 22.4 Å². The first kappa shape index (κ1) is 18.4. The van der Waals surface area contributed by atoms with E-state index in [0.29, 0.717) is 0 Å². The Morgan fingerprint density at radius 1 is 0.920 bits per heavy atom. The lowest BCUT2D eigenvalue weighted by molar-refractivity contribution is -0.124. The van der Waals surface area contributed by atoms with Gasteiger partial charge in [0, 0.05) is 18.5 Å². The van der Waals surface area contributed by atoms with Crippen LogP contribution in [0.1, 0.15) is 35.1 Å². The average Bonchev–Trinajstić information content (AvgIpc) is 2.58. The van der Waals surface area contributed by atoms with Gasteiger partial charge >= 0.3 is 0 Å². The number of aryl methyl sites for hydroxylation is 3. The minimum atomic E-state index is -0.293. The molecule has 0 saturated carbocycles. The first-order valence-corrected chi connectivity index (χ1v) is 8.20. The SMILES string of the molecule is Cc1ccc(/C=N/NC(=O)CCC(=O)Nc2ccc(C)c(C)c2)cc1. The van der Waals surface area contributed by atoms with Crippen molar-refractivity contribution in [3.63, 3.8) is 0 Å². The van der Waals surface area contributed by atoms with Crippen LogP contribution in [-0.2, 0) is 9.59 Å². The fourth-order valence-corrected chi connectivity index (χ4v) is 2.16. The van der Waals surface area contributed by atoms with Crippen molar-refractivity contribution in [3.8, 4) is 0 Å². The summed E-state index contributed by atoms with van der Waals surface area (Å²) in [5.74, 6) is -0.487. The van der Waals surface area contributed by atoms with Crippen molar-refractivity contribution in [2.75, 3.05) is 5.32 Å². The molecule has 130 valence electrons. The van der Waals surface area contributed by atoms with E-state index in [1.54, 1.807) is 6.21 Å². The maximum atomic E-state index is 11.9. The van der Waals surface area contributed by atoms with Gasteiger partial charge in [0.15, 0.2) is 0 Å². The van der Waals surface area contributed by atoms with Crippen LogP contribution in [0.25, 0.3) is 0 Å². The normalized spacial score (nSPS) is 10.7. The zero-order valence-electron chi connectivity index (χ0n) is 14.8. The predicted octanol–water partition coefficient (Wildman–Crippen LogP) is 3.48. The van der Waals surface area contributed by atoms with Gasteiger partial charge in [0.1, 0.15) is 0 Å². The van der Waals surface area contributed by atoms with Gasteiger partial charge in [-0.1, -0.05) is 35.9 Å². The van der Waals surface area contributed by atoms with Gasteiger partial charge < -0.3 is 5.32 Å². The van der Waals surface area contributed by atoms with Crippen molar-refractivity contribution in [2.24, 2.45) is 5.10 Å². The van der Waals surface area contributed by atoms with E-state index < -0.39 is 0 Å². The monoisotopic (exact) mass is 337 g/mol. The number of nitrogens with zero attached hydrogens (tertiary/aromatic N) is 1. The zero-order valence-corrected chi connectivity index (χ0v) is 14.8. The highest BCUT2D eigenvalue weighted by Crippen LogP contribution is 2.14. The Hall–Kier alpha value is -2.95. The van der Waals surface area contributed by atoms with Crippen molar-refractivity contribution < 1.29 is 9.59 Å². The Balaban J connectivity index is 1.74. The van der Waals surface area contributed by atoms with Crippen molar-refractivity contribution in [1.82, 2.24) is 5.43 Å². The molecule has 0 atom stereocenters. The molecule has 0 radical (unpaired) electrons. The van der Waals surface area contributed by atoms with E-state index in [1.165, 1.54) is 5.56 Å². The molecule has 0 bridgehead atoms. The molecule has 0 aliphatic rings. The molecular formula is C20H23N3O2. The van der Waals surface area contributed by atoms with Gasteiger partial charge in [-0.25, -0.2) is 5.43 Å². The Morgan fingerprint density at radius 3 is 2.28 bits per heavy atom. The summed E-state index contributed by atoms with van der Waals surface area (Å²) in [7, 11) is 0. The summed E-state index contributed by atoms with van der Waals surface area (Å²) in [6.07, 6.45) is 1.77. The number of rotatable bonds is 6. The largest absolute Gasteiger partial charge is 0.326 e. The number of benzene rings is 2. The van der Waals surface area contributed by atoms with Crippen LogP contribution in [0, 0.1) is 20.8 Å². The van der Waals surface area contributed by atoms with Crippen LogP contribution in [-0.4, -0.2) is 18.0 Å². The Kier molecular flexibility index (Phi) is 6.46. The smallest absolute Gasteiger partial charge is 0.240 e. The molecule has 0 fully saturated rings. The third-order valence-corrected chi connectivity index (χ3v) is 3.85. The molecule has 0 aromatic heterocycles. The van der Waals surface area contributed by atoms with E-state index in [2.05, 4.69) is 15.8 Å². The van der Waals surface area contributed by atoms with E-state index in [1.807, 2.05) is 63.2 Å². The minimum absolute atomic E-state index is 0.0852. The van der Waals surface area contributed by atoms with Crippen LogP contribution >= 0.6 is 0 Å². The molecule has 0 spiro atoms. The molecule has 0 saturated heterocycles. The molecule has 5 nitrogen and oxygen atoms in total. The zero-order chi connectivity index (χ0) is 18.2. The molecule has 2 rings (SSSR count). The molecule has 0 unspecified atom stereocenters. The second-order valence-corrected chi connectivity index (χ2v) is 6.05. The van der Waals surface area contributed by atoms with Crippen LogP contribution < -0.4 is 10.7 Å². The summed E-state index contributed by atoms with van der Waals surface area (Å²) in [4.78, 5) is 23.6. The molecule has 2 amide bonds. The summed E-state index contributed by atoms with van der Waals surface area (Å²) < 4.78 is 0. The third kappa shape index (κ3) is 6.22. The van der Waals surface area contributed by atoms with Crippen LogP contribution in [0.3, 0.4) is 0 Å². The average molecular weight is 337 g/mol. The first-order valence-electron chi connectivity index (χ1n) is 8.20. The molecule has 2 N–H and O–H groups in total. The van der Waals surface area contributed by atoms with Gasteiger partial charge in [0.2, 0.25) is 11.8 Å². The second-order valence-electron chi connectivity index (χ2n) is 6.05. The van der Waals surface area contributed by atoms with Gasteiger partial charge in [-0.3, -0.25) is 9.59 Å². The van der Waals surface area contributed by atoms with Crippen LogP contribution in [0.2, 0.25) is 0 Å². The van der Waals surface area contributed by atoms with E-state index in [9.17, 15) is 9.59 Å². The van der Waals surface area contributed by atoms with Gasteiger partial charge in [-0.15, -0.1) is 0 Å². The minimum Gasteiger partial charge on any atom is -0.326 e. The Bertz CT molecular complexity index is 780. The first-order chi connectivity index (χ1) is 11.9. The van der Waals surface area contributed by atoms with Gasteiger partial charge in [-0.2, -0.15) is 5.10 Å². The van der Waals surface area contributed by atoms with Gasteiger partial charge in [0.25, 0.3) is 0 Å². The maximum absolute atomic E-state index is 11.9. The van der Waals surface area contributed by atoms with Crippen molar-refractivity contribution in [3.05, 3.63) is 64.7 Å². The lowest BCUT2D eigenvalue weighted by Gasteiger charge is -2.07. The highest BCUT2D eigenvalue weighted by Gasteiger charge is 2.07. The third-order valence-electron chi connectivity index (χ3n) is 3.85. The highest BCUT2D eigenvalue weighted by molar-refractivity contribution is 5.93. The van der Waals surface area contributed by atoms with Gasteiger partial charge in [0.05, 0.1) is 6.21 Å². The number of hydrogen-bond donors (Lipinski definition) is 2. The number of hydrazone groups is 1. The molecule has 25 heavy (non-hydrogen) atoms. The molecule has 0 aliphatic heterocycles. The summed E-state index contributed by atoms with van der Waals surface area (Å²) in [6, 6.07) is 13.5. The maximum Gasteiger partial charge on any atom is 0.240 e. The number of amides is 2. The van der Waals surface area contributed by atoms with E-state index in [4.69, 9.17) is 0 Å². The molecule has 2 aromatic carbocycles. The lowest BCUT2D eigenvalue weighted by Crippen LogP contribution is -2.20. The van der Waals surface area contributed by atoms with Crippen molar-refractivity contribution in [1.29, 1.82) is 0 Å². The standard InChI is InChI=1S/C20H23N3O2/c1-14-4-7-17(8-5-14)13-21-23-20(25)11-10-19(24)22-18-9-6-15(2)16(3)12-18/h4-9,12-13H,10-11H2,1-3H3,(H,22,24)(H,23,25)/b21-13+. The fraction of sp³-hybridized carbons (Fsp3) is 0.250. The number of anilines is 1. The van der Waals surface area contributed by atoms with Crippen molar-refractivity contribution in [2.45, 2.75) is 33.6 Å². The number of hydrogen-bond acceptors (Lipinski definition) is 3. The topological polar surface area (TPSA) is 70.6 Å². The second kappa shape index (κ2) is 8.78. The molecular weight excluding hydrogens is 314 g/mol. The predicted molar refractivity (Wildman–Crippen MR) is 101 cm³/mol. The van der Waals surface area contributed by atoms with Crippen LogP contribution in [0.4, 0.5) is 5.69 Å². The van der Waals surface area contributed by atoms with Crippen LogP contribution in [0.5, 0.6) is 0 Å². The van der Waals surface area contributed by atoms with Crippen LogP contribution in [0.15, 0.2) is 47.6 Å². The molecule has 5 heteroatoms. The summed E-state index contributed by atoms with van der Waals surface area (Å²) in [5.41, 5.74) is 7.52.